The van der Waals surface area contributed by atoms with E-state index in [1.165, 1.54) is 0 Å². The number of hydrogen-bond donors (Lipinski definition) is 2. The average molecular weight is 391 g/mol. The normalized spacial score (nSPS) is 10.1. The summed E-state index contributed by atoms with van der Waals surface area (Å²) in [6.45, 7) is 4.26. The van der Waals surface area contributed by atoms with Gasteiger partial charge < -0.3 is 15.4 Å². The maximum Gasteiger partial charge on any atom is 0.262 e. The molecule has 0 aromatic heterocycles. The molecule has 0 fully saturated rings. The third-order valence-electron chi connectivity index (χ3n) is 3.19. The van der Waals surface area contributed by atoms with Gasteiger partial charge in [0.2, 0.25) is 0 Å². The summed E-state index contributed by atoms with van der Waals surface area (Å²) < 4.78 is 6.30. The standard InChI is InChI=1S/C18H19BrN2O3/c1-3-20-18(23)13-5-4-6-14(10-13)21-17(22)11-24-16-8-7-12(2)9-15(16)19/h4-10H,3,11H2,1-2H3,(H,20,23)(H,21,22). The number of ether oxygens (including phenoxy) is 1. The smallest absolute Gasteiger partial charge is 0.262 e. The van der Waals surface area contributed by atoms with Gasteiger partial charge in [-0.05, 0) is 65.7 Å². The number of amides is 2. The number of hydrogen-bond acceptors (Lipinski definition) is 3. The van der Waals surface area contributed by atoms with Crippen LogP contribution in [-0.2, 0) is 4.79 Å². The van der Waals surface area contributed by atoms with E-state index in [9.17, 15) is 9.59 Å². The number of aryl methyl sites for hydroxylation is 1. The number of carbonyl (C=O) groups is 2. The van der Waals surface area contributed by atoms with Gasteiger partial charge in [0.05, 0.1) is 4.47 Å². The Balaban J connectivity index is 1.95. The van der Waals surface area contributed by atoms with E-state index in [0.29, 0.717) is 23.5 Å². The van der Waals surface area contributed by atoms with E-state index < -0.39 is 0 Å². The molecule has 0 bridgehead atoms. The van der Waals surface area contributed by atoms with Crippen LogP contribution >= 0.6 is 15.9 Å². The van der Waals surface area contributed by atoms with Gasteiger partial charge in [-0.3, -0.25) is 9.59 Å². The number of anilines is 1. The number of nitrogens with one attached hydrogen (secondary N) is 2. The molecule has 6 heteroatoms. The second-order valence-corrected chi connectivity index (χ2v) is 6.07. The number of benzene rings is 2. The molecule has 2 rings (SSSR count). The molecule has 0 aliphatic rings. The summed E-state index contributed by atoms with van der Waals surface area (Å²) >= 11 is 3.40. The third-order valence-corrected chi connectivity index (χ3v) is 3.81. The number of halogens is 1. The Morgan fingerprint density at radius 3 is 2.67 bits per heavy atom. The highest BCUT2D eigenvalue weighted by molar-refractivity contribution is 9.10. The Hall–Kier alpha value is -2.34. The van der Waals surface area contributed by atoms with E-state index >= 15 is 0 Å². The van der Waals surface area contributed by atoms with Crippen LogP contribution in [0.5, 0.6) is 5.75 Å². The van der Waals surface area contributed by atoms with Gasteiger partial charge in [-0.15, -0.1) is 0 Å². The highest BCUT2D eigenvalue weighted by Crippen LogP contribution is 2.25. The second kappa shape index (κ2) is 8.49. The lowest BCUT2D eigenvalue weighted by Crippen LogP contribution is -2.23. The molecule has 2 aromatic rings. The quantitative estimate of drug-likeness (QED) is 0.792. The van der Waals surface area contributed by atoms with E-state index in [-0.39, 0.29) is 18.4 Å². The molecule has 2 N–H and O–H groups in total. The SMILES string of the molecule is CCNC(=O)c1cccc(NC(=O)COc2ccc(C)cc2Br)c1. The van der Waals surface area contributed by atoms with Crippen molar-refractivity contribution in [3.05, 3.63) is 58.1 Å². The molecule has 0 radical (unpaired) electrons. The van der Waals surface area contributed by atoms with Gasteiger partial charge in [-0.25, -0.2) is 0 Å². The first-order chi connectivity index (χ1) is 11.5. The maximum atomic E-state index is 12.0. The van der Waals surface area contributed by atoms with Crippen LogP contribution in [0.2, 0.25) is 0 Å². The average Bonchev–Trinajstić information content (AvgIpc) is 2.54. The molecule has 0 spiro atoms. The molecule has 0 aliphatic heterocycles. The van der Waals surface area contributed by atoms with Crippen molar-refractivity contribution in [2.45, 2.75) is 13.8 Å². The predicted octanol–water partition coefficient (Wildman–Crippen LogP) is 3.52. The second-order valence-electron chi connectivity index (χ2n) is 5.21. The molecule has 24 heavy (non-hydrogen) atoms. The summed E-state index contributed by atoms with van der Waals surface area (Å²) in [5.74, 6) is 0.135. The predicted molar refractivity (Wildman–Crippen MR) is 97.5 cm³/mol. The maximum absolute atomic E-state index is 12.0. The molecule has 0 saturated heterocycles. The topological polar surface area (TPSA) is 67.4 Å². The fourth-order valence-corrected chi connectivity index (χ4v) is 2.67. The Morgan fingerprint density at radius 2 is 1.96 bits per heavy atom. The third kappa shape index (κ3) is 5.09. The zero-order valence-corrected chi connectivity index (χ0v) is 15.1. The molecule has 0 aliphatic carbocycles. The fourth-order valence-electron chi connectivity index (χ4n) is 2.06. The van der Waals surface area contributed by atoms with Crippen molar-refractivity contribution >= 4 is 33.4 Å². The fraction of sp³-hybridized carbons (Fsp3) is 0.222. The van der Waals surface area contributed by atoms with Gasteiger partial charge in [0.25, 0.3) is 11.8 Å². The van der Waals surface area contributed by atoms with Gasteiger partial charge in [0, 0.05) is 17.8 Å². The molecule has 2 aromatic carbocycles. The monoisotopic (exact) mass is 390 g/mol. The minimum absolute atomic E-state index is 0.118. The van der Waals surface area contributed by atoms with Crippen LogP contribution in [-0.4, -0.2) is 25.0 Å². The van der Waals surface area contributed by atoms with Gasteiger partial charge in [-0.2, -0.15) is 0 Å². The van der Waals surface area contributed by atoms with Crippen molar-refractivity contribution in [2.24, 2.45) is 0 Å². The van der Waals surface area contributed by atoms with Gasteiger partial charge in [0.15, 0.2) is 6.61 Å². The summed E-state index contributed by atoms with van der Waals surface area (Å²) in [5, 5.41) is 5.44. The minimum Gasteiger partial charge on any atom is -0.483 e. The van der Waals surface area contributed by atoms with E-state index in [1.807, 2.05) is 32.0 Å². The van der Waals surface area contributed by atoms with Crippen LogP contribution in [0.3, 0.4) is 0 Å². The molecule has 2 amide bonds. The van der Waals surface area contributed by atoms with Crippen molar-refractivity contribution in [1.29, 1.82) is 0 Å². The van der Waals surface area contributed by atoms with Crippen molar-refractivity contribution in [1.82, 2.24) is 5.32 Å². The largest absolute Gasteiger partial charge is 0.483 e. The molecular formula is C18H19BrN2O3. The van der Waals surface area contributed by atoms with Crippen molar-refractivity contribution in [2.75, 3.05) is 18.5 Å². The Morgan fingerprint density at radius 1 is 1.17 bits per heavy atom. The van der Waals surface area contributed by atoms with Crippen LogP contribution in [0.4, 0.5) is 5.69 Å². The van der Waals surface area contributed by atoms with Crippen molar-refractivity contribution in [3.63, 3.8) is 0 Å². The molecule has 5 nitrogen and oxygen atoms in total. The zero-order chi connectivity index (χ0) is 17.5. The van der Waals surface area contributed by atoms with Gasteiger partial charge in [-0.1, -0.05) is 12.1 Å². The van der Waals surface area contributed by atoms with Crippen LogP contribution in [0.15, 0.2) is 46.9 Å². The highest BCUT2D eigenvalue weighted by Gasteiger charge is 2.09. The number of rotatable bonds is 6. The van der Waals surface area contributed by atoms with Crippen molar-refractivity contribution < 1.29 is 14.3 Å². The lowest BCUT2D eigenvalue weighted by molar-refractivity contribution is -0.118. The summed E-state index contributed by atoms with van der Waals surface area (Å²) in [4.78, 5) is 23.8. The molecule has 126 valence electrons. The molecule has 0 atom stereocenters. The summed E-state index contributed by atoms with van der Waals surface area (Å²) in [7, 11) is 0. The van der Waals surface area contributed by atoms with Crippen LogP contribution in [0.25, 0.3) is 0 Å². The summed E-state index contributed by atoms with van der Waals surface area (Å²) in [6, 6.07) is 12.4. The van der Waals surface area contributed by atoms with E-state index in [2.05, 4.69) is 26.6 Å². The first-order valence-corrected chi connectivity index (χ1v) is 8.36. The van der Waals surface area contributed by atoms with Gasteiger partial charge in [0.1, 0.15) is 5.75 Å². The lowest BCUT2D eigenvalue weighted by Gasteiger charge is -2.10. The van der Waals surface area contributed by atoms with Crippen LogP contribution in [0, 0.1) is 6.92 Å². The molecular weight excluding hydrogens is 372 g/mol. The lowest BCUT2D eigenvalue weighted by atomic mass is 10.2. The Labute approximate surface area is 149 Å². The molecule has 0 unspecified atom stereocenters. The minimum atomic E-state index is -0.296. The Kier molecular flexibility index (Phi) is 6.37. The van der Waals surface area contributed by atoms with Crippen LogP contribution in [0.1, 0.15) is 22.8 Å². The van der Waals surface area contributed by atoms with E-state index in [4.69, 9.17) is 4.74 Å². The van der Waals surface area contributed by atoms with E-state index in [0.717, 1.165) is 10.0 Å². The van der Waals surface area contributed by atoms with Crippen LogP contribution < -0.4 is 15.4 Å². The Bertz CT molecular complexity index is 747. The first-order valence-electron chi connectivity index (χ1n) is 7.56. The van der Waals surface area contributed by atoms with Crippen molar-refractivity contribution in [3.8, 4) is 5.75 Å². The first kappa shape index (κ1) is 18.0. The highest BCUT2D eigenvalue weighted by atomic mass is 79.9. The summed E-state index contributed by atoms with van der Waals surface area (Å²) in [6.07, 6.45) is 0. The number of carbonyl (C=O) groups excluding carboxylic acids is 2. The van der Waals surface area contributed by atoms with Gasteiger partial charge >= 0.3 is 0 Å². The zero-order valence-electron chi connectivity index (χ0n) is 13.6. The molecule has 0 saturated carbocycles. The summed E-state index contributed by atoms with van der Waals surface area (Å²) in [5.41, 5.74) is 2.15. The molecule has 0 heterocycles. The van der Waals surface area contributed by atoms with E-state index in [1.54, 1.807) is 24.3 Å².